The van der Waals surface area contributed by atoms with Gasteiger partial charge in [-0.15, -0.1) is 0 Å². The van der Waals surface area contributed by atoms with E-state index >= 15 is 4.39 Å². The number of fused-ring (bicyclic) bond motifs is 3. The maximum atomic E-state index is 15.2. The van der Waals surface area contributed by atoms with Crippen LogP contribution < -0.4 is 5.32 Å². The number of H-pyrrole nitrogens is 1. The van der Waals surface area contributed by atoms with E-state index in [1.54, 1.807) is 41.3 Å². The number of pyridine rings is 2. The summed E-state index contributed by atoms with van der Waals surface area (Å²) in [5.41, 5.74) is 4.46. The largest absolute Gasteiger partial charge is 0.396 e. The van der Waals surface area contributed by atoms with E-state index in [0.29, 0.717) is 27.7 Å². The average molecular weight is 485 g/mol. The van der Waals surface area contributed by atoms with Gasteiger partial charge in [0.05, 0.1) is 29.8 Å². The molecule has 6 rings (SSSR count). The zero-order valence-corrected chi connectivity index (χ0v) is 19.7. The van der Waals surface area contributed by atoms with Gasteiger partial charge in [0.2, 0.25) is 0 Å². The van der Waals surface area contributed by atoms with Crippen molar-refractivity contribution in [2.24, 2.45) is 13.0 Å². The van der Waals surface area contributed by atoms with Crippen LogP contribution in [0.1, 0.15) is 29.6 Å². The van der Waals surface area contributed by atoms with Crippen LogP contribution in [0.2, 0.25) is 0 Å². The summed E-state index contributed by atoms with van der Waals surface area (Å²) in [5.74, 6) is -0.538. The first-order chi connectivity index (χ1) is 17.5. The molecule has 1 aromatic carbocycles. The topological polar surface area (TPSA) is 109 Å². The van der Waals surface area contributed by atoms with Gasteiger partial charge in [-0.05, 0) is 36.6 Å². The number of nitrogens with one attached hydrogen (secondary N) is 2. The molecule has 0 bridgehead atoms. The summed E-state index contributed by atoms with van der Waals surface area (Å²) in [6, 6.07) is 8.82. The first-order valence-electron chi connectivity index (χ1n) is 12.0. The summed E-state index contributed by atoms with van der Waals surface area (Å²) in [6.07, 6.45) is 9.32. The third-order valence-electron chi connectivity index (χ3n) is 7.11. The highest BCUT2D eigenvalue weighted by Crippen LogP contribution is 2.36. The Morgan fingerprint density at radius 2 is 2.00 bits per heavy atom. The Morgan fingerprint density at radius 3 is 2.75 bits per heavy atom. The molecule has 0 spiro atoms. The highest BCUT2D eigenvalue weighted by molar-refractivity contribution is 6.13. The van der Waals surface area contributed by atoms with Gasteiger partial charge < -0.3 is 15.4 Å². The van der Waals surface area contributed by atoms with E-state index in [4.69, 9.17) is 0 Å². The first-order valence-corrected chi connectivity index (χ1v) is 12.0. The molecule has 0 unspecified atom stereocenters. The predicted octanol–water partition coefficient (Wildman–Crippen LogP) is 4.21. The SMILES string of the molecule is Cn1cc(-c2cc3c(cn2)[nH]c2ncc(F)c(-c4ccc(C(=O)N[C@H]5CCC[C@H]5CO)cc4)c23)cn1. The van der Waals surface area contributed by atoms with Crippen molar-refractivity contribution in [2.45, 2.75) is 25.3 Å². The fraction of sp³-hybridized carbons (Fsp3) is 0.259. The van der Waals surface area contributed by atoms with Crippen LogP contribution in [-0.2, 0) is 7.05 Å². The molecule has 182 valence electrons. The quantitative estimate of drug-likeness (QED) is 0.346. The van der Waals surface area contributed by atoms with E-state index in [0.717, 1.165) is 41.4 Å². The second kappa shape index (κ2) is 8.83. The second-order valence-corrected chi connectivity index (χ2v) is 9.38. The number of halogens is 1. The monoisotopic (exact) mass is 484 g/mol. The molecule has 4 heterocycles. The number of aliphatic hydroxyl groups is 1. The van der Waals surface area contributed by atoms with E-state index in [9.17, 15) is 9.90 Å². The average Bonchev–Trinajstić information content (AvgIpc) is 3.62. The molecule has 1 aliphatic carbocycles. The summed E-state index contributed by atoms with van der Waals surface area (Å²) < 4.78 is 16.9. The Hall–Kier alpha value is -4.11. The standard InChI is InChI=1S/C27H25FN6O2/c1-34-13-18(10-31-34)22-9-19-23(12-29-22)32-26-25(19)24(20(28)11-30-26)15-5-7-16(8-6-15)27(36)33-21-4-2-3-17(21)14-35/h5-13,17,21,35H,2-4,14H2,1H3,(H,30,32)(H,33,36)/t17-,21-/m0/s1. The number of aryl methyl sites for hydroxylation is 1. The van der Waals surface area contributed by atoms with Crippen LogP contribution in [0.5, 0.6) is 0 Å². The molecular formula is C27H25FN6O2. The van der Waals surface area contributed by atoms with Crippen LogP contribution in [0.3, 0.4) is 0 Å². The lowest BCUT2D eigenvalue weighted by molar-refractivity contribution is 0.0916. The van der Waals surface area contributed by atoms with Gasteiger partial charge in [-0.25, -0.2) is 9.37 Å². The number of benzene rings is 1. The van der Waals surface area contributed by atoms with Crippen molar-refractivity contribution in [1.29, 1.82) is 0 Å². The number of carbonyl (C=O) groups excluding carboxylic acids is 1. The number of hydrogen-bond donors (Lipinski definition) is 3. The maximum absolute atomic E-state index is 15.2. The third kappa shape index (κ3) is 3.81. The van der Waals surface area contributed by atoms with Crippen molar-refractivity contribution in [1.82, 2.24) is 30.0 Å². The molecule has 3 N–H and O–H groups in total. The minimum atomic E-state index is -0.447. The fourth-order valence-corrected chi connectivity index (χ4v) is 5.21. The number of hydrogen-bond acceptors (Lipinski definition) is 5. The normalized spacial score (nSPS) is 17.8. The van der Waals surface area contributed by atoms with Gasteiger partial charge in [0, 0.05) is 59.3 Å². The lowest BCUT2D eigenvalue weighted by Crippen LogP contribution is -2.38. The molecule has 5 aromatic rings. The van der Waals surface area contributed by atoms with Crippen LogP contribution in [0.25, 0.3) is 44.3 Å². The number of rotatable bonds is 5. The summed E-state index contributed by atoms with van der Waals surface area (Å²) >= 11 is 0. The first kappa shape index (κ1) is 22.4. The second-order valence-electron chi connectivity index (χ2n) is 9.38. The van der Waals surface area contributed by atoms with E-state index in [1.165, 1.54) is 6.20 Å². The molecule has 4 aromatic heterocycles. The van der Waals surface area contributed by atoms with Crippen molar-refractivity contribution < 1.29 is 14.3 Å². The van der Waals surface area contributed by atoms with Crippen LogP contribution in [0.15, 0.2) is 55.1 Å². The number of amides is 1. The Labute approximate surface area is 206 Å². The highest BCUT2D eigenvalue weighted by atomic mass is 19.1. The third-order valence-corrected chi connectivity index (χ3v) is 7.11. The molecule has 8 nitrogen and oxygen atoms in total. The Bertz CT molecular complexity index is 1590. The molecule has 1 saturated carbocycles. The minimum Gasteiger partial charge on any atom is -0.396 e. The Morgan fingerprint density at radius 1 is 1.17 bits per heavy atom. The highest BCUT2D eigenvalue weighted by Gasteiger charge is 2.28. The van der Waals surface area contributed by atoms with Gasteiger partial charge in [0.25, 0.3) is 5.91 Å². The number of nitrogens with zero attached hydrogens (tertiary/aromatic N) is 4. The van der Waals surface area contributed by atoms with Crippen molar-refractivity contribution in [3.63, 3.8) is 0 Å². The van der Waals surface area contributed by atoms with Crippen molar-refractivity contribution in [3.8, 4) is 22.4 Å². The summed E-state index contributed by atoms with van der Waals surface area (Å²) in [5, 5.41) is 18.3. The zero-order chi connectivity index (χ0) is 24.8. The van der Waals surface area contributed by atoms with Gasteiger partial charge in [-0.2, -0.15) is 5.10 Å². The van der Waals surface area contributed by atoms with Gasteiger partial charge in [-0.3, -0.25) is 14.5 Å². The number of aromatic amines is 1. The van der Waals surface area contributed by atoms with Gasteiger partial charge in [0.1, 0.15) is 11.5 Å². The number of aromatic nitrogens is 5. The van der Waals surface area contributed by atoms with Crippen molar-refractivity contribution >= 4 is 27.8 Å². The minimum absolute atomic E-state index is 0.0201. The lowest BCUT2D eigenvalue weighted by Gasteiger charge is -2.19. The van der Waals surface area contributed by atoms with Gasteiger partial charge in [-0.1, -0.05) is 18.6 Å². The Balaban J connectivity index is 1.39. The van der Waals surface area contributed by atoms with Gasteiger partial charge in [0.15, 0.2) is 0 Å². The molecule has 0 saturated heterocycles. The summed E-state index contributed by atoms with van der Waals surface area (Å²) in [4.78, 5) is 24.8. The molecule has 1 fully saturated rings. The lowest BCUT2D eigenvalue weighted by atomic mass is 9.99. The van der Waals surface area contributed by atoms with Crippen LogP contribution >= 0.6 is 0 Å². The van der Waals surface area contributed by atoms with E-state index in [-0.39, 0.29) is 24.5 Å². The molecule has 36 heavy (non-hydrogen) atoms. The zero-order valence-electron chi connectivity index (χ0n) is 19.7. The number of carbonyl (C=O) groups is 1. The number of aliphatic hydroxyl groups excluding tert-OH is 1. The Kier molecular flexibility index (Phi) is 5.49. The van der Waals surface area contributed by atoms with E-state index in [2.05, 4.69) is 25.4 Å². The van der Waals surface area contributed by atoms with Gasteiger partial charge >= 0.3 is 0 Å². The predicted molar refractivity (Wildman–Crippen MR) is 135 cm³/mol. The van der Waals surface area contributed by atoms with Crippen molar-refractivity contribution in [3.05, 3.63) is 66.5 Å². The maximum Gasteiger partial charge on any atom is 0.251 e. The van der Waals surface area contributed by atoms with Crippen LogP contribution in [0, 0.1) is 11.7 Å². The van der Waals surface area contributed by atoms with Crippen molar-refractivity contribution in [2.75, 3.05) is 6.61 Å². The van der Waals surface area contributed by atoms with Crippen LogP contribution in [-0.4, -0.2) is 48.4 Å². The summed E-state index contributed by atoms with van der Waals surface area (Å²) in [7, 11) is 1.84. The molecule has 0 aliphatic heterocycles. The fourth-order valence-electron chi connectivity index (χ4n) is 5.21. The molecule has 9 heteroatoms. The summed E-state index contributed by atoms with van der Waals surface area (Å²) in [6.45, 7) is 0.0733. The molecular weight excluding hydrogens is 459 g/mol. The molecule has 2 atom stereocenters. The molecule has 0 radical (unpaired) electrons. The smallest absolute Gasteiger partial charge is 0.251 e. The molecule has 1 amide bonds. The molecule has 1 aliphatic rings. The van der Waals surface area contributed by atoms with E-state index < -0.39 is 5.82 Å². The van der Waals surface area contributed by atoms with Crippen LogP contribution in [0.4, 0.5) is 4.39 Å². The van der Waals surface area contributed by atoms with E-state index in [1.807, 2.05) is 19.3 Å².